The van der Waals surface area contributed by atoms with E-state index in [-0.39, 0.29) is 33.9 Å². The first-order valence-corrected chi connectivity index (χ1v) is 11.6. The Hall–Kier alpha value is -3.24. The predicted molar refractivity (Wildman–Crippen MR) is 124 cm³/mol. The molecule has 0 atom stereocenters. The van der Waals surface area contributed by atoms with Gasteiger partial charge in [0.25, 0.3) is 5.69 Å². The lowest BCUT2D eigenvalue weighted by atomic mass is 10.1. The molecule has 168 valence electrons. The topological polar surface area (TPSA) is 127 Å². The van der Waals surface area contributed by atoms with E-state index < -0.39 is 20.0 Å². The van der Waals surface area contributed by atoms with Crippen LogP contribution in [0.5, 0.6) is 0 Å². The maximum absolute atomic E-state index is 12.7. The third kappa shape index (κ3) is 5.14. The minimum Gasteiger partial charge on any atom is -0.350 e. The highest BCUT2D eigenvalue weighted by Crippen LogP contribution is 2.30. The monoisotopic (exact) mass is 475 g/mol. The van der Waals surface area contributed by atoms with E-state index >= 15 is 0 Å². The fourth-order valence-electron chi connectivity index (χ4n) is 2.88. The summed E-state index contributed by atoms with van der Waals surface area (Å²) in [6, 6.07) is 11.1. The highest BCUT2D eigenvalue weighted by Gasteiger charge is 2.23. The van der Waals surface area contributed by atoms with Crippen LogP contribution in [0.2, 0.25) is 5.02 Å². The van der Waals surface area contributed by atoms with Crippen LogP contribution in [0.3, 0.4) is 0 Å². The van der Waals surface area contributed by atoms with Crippen molar-refractivity contribution in [2.45, 2.75) is 37.5 Å². The molecule has 0 radical (unpaired) electrons. The molecule has 11 heteroatoms. The summed E-state index contributed by atoms with van der Waals surface area (Å²) < 4.78 is 25.4. The standard InChI is InChI=1S/C21H22ClN5O4S/c1-13(2)32(30,31)19-7-5-4-6-18(19)25-20-17(22)12-24-21(26-20)23-11-15-10-16(27(28)29)9-8-14(15)3/h4-10,12-13H,11H2,1-3H3,(H2,23,24,25,26). The number of aryl methyl sites for hydroxylation is 1. The van der Waals surface area contributed by atoms with Crippen molar-refractivity contribution >= 4 is 44.6 Å². The van der Waals surface area contributed by atoms with E-state index in [2.05, 4.69) is 20.6 Å². The van der Waals surface area contributed by atoms with E-state index in [1.54, 1.807) is 38.1 Å². The predicted octanol–water partition coefficient (Wildman–Crippen LogP) is 4.88. The Morgan fingerprint density at radius 2 is 1.91 bits per heavy atom. The molecule has 2 aromatic carbocycles. The zero-order valence-corrected chi connectivity index (χ0v) is 19.2. The van der Waals surface area contributed by atoms with Crippen LogP contribution in [-0.2, 0) is 16.4 Å². The van der Waals surface area contributed by atoms with Crippen LogP contribution >= 0.6 is 11.6 Å². The van der Waals surface area contributed by atoms with Gasteiger partial charge in [0.1, 0.15) is 5.02 Å². The Morgan fingerprint density at radius 3 is 2.59 bits per heavy atom. The number of non-ortho nitro benzene ring substituents is 1. The van der Waals surface area contributed by atoms with Gasteiger partial charge in [0.05, 0.1) is 27.0 Å². The second-order valence-electron chi connectivity index (χ2n) is 7.33. The number of hydrogen-bond donors (Lipinski definition) is 2. The fraction of sp³-hybridized carbons (Fsp3) is 0.238. The summed E-state index contributed by atoms with van der Waals surface area (Å²) >= 11 is 6.23. The number of nitro groups is 1. The lowest BCUT2D eigenvalue weighted by Gasteiger charge is -2.15. The quantitative estimate of drug-likeness (QED) is 0.348. The molecule has 0 unspecified atom stereocenters. The second-order valence-corrected chi connectivity index (χ2v) is 10.2. The first-order valence-electron chi connectivity index (χ1n) is 9.70. The smallest absolute Gasteiger partial charge is 0.269 e. The molecular weight excluding hydrogens is 454 g/mol. The molecule has 0 amide bonds. The molecule has 2 N–H and O–H groups in total. The molecule has 0 saturated heterocycles. The number of anilines is 3. The molecule has 0 spiro atoms. The third-order valence-electron chi connectivity index (χ3n) is 4.79. The molecular formula is C21H22ClN5O4S. The normalized spacial score (nSPS) is 11.4. The highest BCUT2D eigenvalue weighted by molar-refractivity contribution is 7.92. The Bertz CT molecular complexity index is 1260. The summed E-state index contributed by atoms with van der Waals surface area (Å²) in [4.78, 5) is 19.2. The number of nitrogens with zero attached hydrogens (tertiary/aromatic N) is 3. The van der Waals surface area contributed by atoms with Crippen molar-refractivity contribution in [2.75, 3.05) is 10.6 Å². The SMILES string of the molecule is Cc1ccc([N+](=O)[O-])cc1CNc1ncc(Cl)c(Nc2ccccc2S(=O)(=O)C(C)C)n1. The number of sulfone groups is 1. The zero-order valence-electron chi connectivity index (χ0n) is 17.7. The minimum absolute atomic E-state index is 0.00486. The fourth-order valence-corrected chi connectivity index (χ4v) is 4.22. The molecule has 0 aliphatic carbocycles. The Morgan fingerprint density at radius 1 is 1.19 bits per heavy atom. The molecule has 0 aliphatic heterocycles. The zero-order chi connectivity index (χ0) is 23.5. The van der Waals surface area contributed by atoms with E-state index in [4.69, 9.17) is 11.6 Å². The number of nitro benzene ring substituents is 1. The average Bonchev–Trinajstić information content (AvgIpc) is 2.75. The lowest BCUT2D eigenvalue weighted by molar-refractivity contribution is -0.384. The van der Waals surface area contributed by atoms with Crippen molar-refractivity contribution < 1.29 is 13.3 Å². The average molecular weight is 476 g/mol. The minimum atomic E-state index is -3.53. The highest BCUT2D eigenvalue weighted by atomic mass is 35.5. The summed E-state index contributed by atoms with van der Waals surface area (Å²) in [6.45, 7) is 5.33. The molecule has 0 aliphatic rings. The van der Waals surface area contributed by atoms with Gasteiger partial charge in [0, 0.05) is 18.7 Å². The molecule has 1 aromatic heterocycles. The summed E-state index contributed by atoms with van der Waals surface area (Å²) in [7, 11) is -3.53. The molecule has 3 aromatic rings. The van der Waals surface area contributed by atoms with Crippen LogP contribution in [0.15, 0.2) is 53.6 Å². The maximum atomic E-state index is 12.7. The van der Waals surface area contributed by atoms with E-state index in [0.29, 0.717) is 5.69 Å². The first kappa shape index (κ1) is 23.4. The second kappa shape index (κ2) is 9.49. The number of para-hydroxylation sites is 1. The van der Waals surface area contributed by atoms with Crippen molar-refractivity contribution in [1.29, 1.82) is 0 Å². The number of nitrogens with one attached hydrogen (secondary N) is 2. The molecule has 0 fully saturated rings. The molecule has 0 bridgehead atoms. The van der Waals surface area contributed by atoms with Crippen LogP contribution in [-0.4, -0.2) is 28.6 Å². The Kier molecular flexibility index (Phi) is 6.95. The van der Waals surface area contributed by atoms with Crippen molar-refractivity contribution in [2.24, 2.45) is 0 Å². The number of hydrogen-bond acceptors (Lipinski definition) is 8. The van der Waals surface area contributed by atoms with Gasteiger partial charge in [-0.15, -0.1) is 0 Å². The Balaban J connectivity index is 1.86. The van der Waals surface area contributed by atoms with Crippen molar-refractivity contribution in [1.82, 2.24) is 9.97 Å². The summed E-state index contributed by atoms with van der Waals surface area (Å²) in [6.07, 6.45) is 1.39. The largest absolute Gasteiger partial charge is 0.350 e. The van der Waals surface area contributed by atoms with Crippen LogP contribution in [0.25, 0.3) is 0 Å². The van der Waals surface area contributed by atoms with Gasteiger partial charge >= 0.3 is 0 Å². The number of aromatic nitrogens is 2. The Labute approximate surface area is 190 Å². The maximum Gasteiger partial charge on any atom is 0.269 e. The molecule has 32 heavy (non-hydrogen) atoms. The van der Waals surface area contributed by atoms with Gasteiger partial charge in [0.15, 0.2) is 15.7 Å². The van der Waals surface area contributed by atoms with Crippen molar-refractivity contribution in [3.05, 3.63) is 74.9 Å². The lowest BCUT2D eigenvalue weighted by Crippen LogP contribution is -2.15. The first-order chi connectivity index (χ1) is 15.1. The van der Waals surface area contributed by atoms with Crippen LogP contribution < -0.4 is 10.6 Å². The van der Waals surface area contributed by atoms with E-state index in [9.17, 15) is 18.5 Å². The number of rotatable bonds is 8. The van der Waals surface area contributed by atoms with Crippen LogP contribution in [0, 0.1) is 17.0 Å². The molecule has 9 nitrogen and oxygen atoms in total. The summed E-state index contributed by atoms with van der Waals surface area (Å²) in [5.41, 5.74) is 1.95. The van der Waals surface area contributed by atoms with E-state index in [0.717, 1.165) is 11.1 Å². The molecule has 0 saturated carbocycles. The van der Waals surface area contributed by atoms with Gasteiger partial charge < -0.3 is 10.6 Å². The van der Waals surface area contributed by atoms with Crippen molar-refractivity contribution in [3.63, 3.8) is 0 Å². The van der Waals surface area contributed by atoms with Crippen LogP contribution in [0.1, 0.15) is 25.0 Å². The summed E-state index contributed by atoms with van der Waals surface area (Å²) in [5, 5.41) is 16.6. The van der Waals surface area contributed by atoms with Crippen molar-refractivity contribution in [3.8, 4) is 0 Å². The number of benzene rings is 2. The van der Waals surface area contributed by atoms with Crippen LogP contribution in [0.4, 0.5) is 23.1 Å². The van der Waals surface area contributed by atoms with Gasteiger partial charge in [-0.1, -0.05) is 29.8 Å². The summed E-state index contributed by atoms with van der Waals surface area (Å²) in [5.74, 6) is 0.457. The van der Waals surface area contributed by atoms with Gasteiger partial charge in [-0.3, -0.25) is 10.1 Å². The van der Waals surface area contributed by atoms with Gasteiger partial charge in [0.2, 0.25) is 5.95 Å². The molecule has 1 heterocycles. The van der Waals surface area contributed by atoms with Gasteiger partial charge in [-0.25, -0.2) is 13.4 Å². The molecule has 3 rings (SSSR count). The number of halogens is 1. The van der Waals surface area contributed by atoms with Gasteiger partial charge in [-0.05, 0) is 44.0 Å². The third-order valence-corrected chi connectivity index (χ3v) is 7.28. The van der Waals surface area contributed by atoms with E-state index in [1.807, 2.05) is 6.92 Å². The van der Waals surface area contributed by atoms with Gasteiger partial charge in [-0.2, -0.15) is 4.98 Å². The van der Waals surface area contributed by atoms with E-state index in [1.165, 1.54) is 24.4 Å².